The van der Waals surface area contributed by atoms with Gasteiger partial charge in [0.15, 0.2) is 6.23 Å². The topological polar surface area (TPSA) is 234 Å². The number of para-hydroxylation sites is 1. The first kappa shape index (κ1) is 31.8. The Labute approximate surface area is 252 Å². The summed E-state index contributed by atoms with van der Waals surface area (Å²) in [6, 6.07) is 5.88. The minimum Gasteiger partial charge on any atom is -0.396 e. The van der Waals surface area contributed by atoms with E-state index in [1.54, 1.807) is 0 Å². The predicted octanol–water partition coefficient (Wildman–Crippen LogP) is -2.17. The summed E-state index contributed by atoms with van der Waals surface area (Å²) >= 11 is 0. The number of urea groups is 1. The molecular weight excluding hydrogens is 578 g/mol. The lowest BCUT2D eigenvalue weighted by Gasteiger charge is -2.32. The lowest BCUT2D eigenvalue weighted by molar-refractivity contribution is -0.131. The number of amides is 5. The highest BCUT2D eigenvalue weighted by Gasteiger charge is 2.48. The van der Waals surface area contributed by atoms with Crippen LogP contribution in [-0.2, 0) is 25.5 Å². The molecule has 240 valence electrons. The Morgan fingerprint density at radius 1 is 1.05 bits per heavy atom. The minimum absolute atomic E-state index is 0.00509. The molecule has 1 unspecified atom stereocenters. The van der Waals surface area contributed by atoms with E-state index >= 15 is 0 Å². The molecule has 2 saturated heterocycles. The lowest BCUT2D eigenvalue weighted by atomic mass is 9.99. The molecule has 1 aliphatic carbocycles. The monoisotopic (exact) mass is 617 g/mol. The summed E-state index contributed by atoms with van der Waals surface area (Å²) in [5.74, 6) is -2.69. The zero-order valence-corrected chi connectivity index (χ0v) is 24.0. The molecule has 15 heteroatoms. The van der Waals surface area contributed by atoms with E-state index in [9.17, 15) is 44.7 Å². The average molecular weight is 618 g/mol. The van der Waals surface area contributed by atoms with E-state index < -0.39 is 78.4 Å². The van der Waals surface area contributed by atoms with Crippen molar-refractivity contribution in [1.82, 2.24) is 25.8 Å². The summed E-state index contributed by atoms with van der Waals surface area (Å²) < 4.78 is 5.72. The number of ether oxygens (including phenoxy) is 1. The zero-order chi connectivity index (χ0) is 31.5. The van der Waals surface area contributed by atoms with E-state index in [2.05, 4.69) is 20.9 Å². The van der Waals surface area contributed by atoms with Crippen LogP contribution < -0.4 is 16.0 Å². The van der Waals surface area contributed by atoms with Gasteiger partial charge >= 0.3 is 6.03 Å². The van der Waals surface area contributed by atoms with Gasteiger partial charge in [-0.2, -0.15) is 0 Å². The molecule has 3 heterocycles. The molecule has 3 fully saturated rings. The van der Waals surface area contributed by atoms with Crippen LogP contribution in [0.15, 0.2) is 30.5 Å². The number of aryl methyl sites for hydroxylation is 1. The molecular formula is C29H39N5O10. The van der Waals surface area contributed by atoms with Gasteiger partial charge in [0.1, 0.15) is 24.4 Å². The van der Waals surface area contributed by atoms with Gasteiger partial charge in [0.2, 0.25) is 17.7 Å². The second-order valence-corrected chi connectivity index (χ2v) is 11.7. The standard InChI is InChI=1S/C29H39N5O10/c35-13-16-9-15(23(38)24(16)39)10-22(37)32-19(6-5-14-11-30-18-4-2-1-3-17(14)18)27(42)31-12-20-25(40)26(41)28(44-20)34-8-7-21(36)33-29(34)43/h1-4,11,15-16,19-20,23-26,28,30,35,38-41H,5-10,12-13H2,(H,31,42)(H,32,37)(H,33,36,43)/t15-,16+,19-,20?,23+,24+,25-,26-,28-/m1/s1. The third-order valence-electron chi connectivity index (χ3n) is 8.84. The van der Waals surface area contributed by atoms with E-state index in [1.165, 1.54) is 0 Å². The fraction of sp³-hybridized carbons (Fsp3) is 0.586. The van der Waals surface area contributed by atoms with Gasteiger partial charge in [-0.1, -0.05) is 18.2 Å². The molecule has 0 spiro atoms. The number of aliphatic hydroxyl groups excluding tert-OH is 5. The van der Waals surface area contributed by atoms with Gasteiger partial charge in [-0.05, 0) is 36.8 Å². The Bertz CT molecular complexity index is 1370. The number of rotatable bonds is 11. The number of imide groups is 1. The first-order chi connectivity index (χ1) is 21.1. The average Bonchev–Trinajstić information content (AvgIpc) is 3.63. The molecule has 5 rings (SSSR count). The summed E-state index contributed by atoms with van der Waals surface area (Å²) in [6.45, 7) is -0.573. The number of nitrogens with zero attached hydrogens (tertiary/aromatic N) is 1. The summed E-state index contributed by atoms with van der Waals surface area (Å²) in [4.78, 5) is 54.4. The van der Waals surface area contributed by atoms with Crippen LogP contribution in [0.1, 0.15) is 31.2 Å². The molecule has 2 aromatic rings. The van der Waals surface area contributed by atoms with E-state index in [0.717, 1.165) is 21.4 Å². The number of aromatic amines is 1. The highest BCUT2D eigenvalue weighted by Crippen LogP contribution is 2.33. The zero-order valence-electron chi connectivity index (χ0n) is 24.0. The molecule has 1 aromatic heterocycles. The van der Waals surface area contributed by atoms with Gasteiger partial charge < -0.3 is 45.9 Å². The van der Waals surface area contributed by atoms with Crippen molar-refractivity contribution in [2.75, 3.05) is 19.7 Å². The van der Waals surface area contributed by atoms with Crippen LogP contribution in [0.5, 0.6) is 0 Å². The fourth-order valence-electron chi connectivity index (χ4n) is 6.31. The number of benzene rings is 1. The number of nitrogens with one attached hydrogen (secondary N) is 4. The highest BCUT2D eigenvalue weighted by atomic mass is 16.6. The van der Waals surface area contributed by atoms with Crippen LogP contribution in [0.3, 0.4) is 0 Å². The van der Waals surface area contributed by atoms with Crippen molar-refractivity contribution >= 4 is 34.7 Å². The third kappa shape index (κ3) is 6.72. The Kier molecular flexibility index (Phi) is 9.82. The molecule has 15 nitrogen and oxygen atoms in total. The molecule has 2 aliphatic heterocycles. The van der Waals surface area contributed by atoms with Crippen LogP contribution in [-0.4, -0.2) is 122 Å². The maximum absolute atomic E-state index is 13.4. The van der Waals surface area contributed by atoms with Crippen LogP contribution >= 0.6 is 0 Å². The molecule has 9 atom stereocenters. The van der Waals surface area contributed by atoms with E-state index in [4.69, 9.17) is 4.74 Å². The predicted molar refractivity (Wildman–Crippen MR) is 152 cm³/mol. The SMILES string of the molecule is O=C1CCN([C@@H]2OC(CNC(=O)[C@@H](CCc3c[nH]c4ccccc34)NC(=O)C[C@H]3C[C@@H](CO)[C@H](O)[C@H]3O)[C@@H](O)[C@H]2O)C(=O)N1. The molecule has 1 aromatic carbocycles. The van der Waals surface area contributed by atoms with Crippen molar-refractivity contribution in [3.8, 4) is 0 Å². The smallest absolute Gasteiger partial charge is 0.326 e. The number of H-pyrrole nitrogens is 1. The molecule has 0 bridgehead atoms. The van der Waals surface area contributed by atoms with Crippen LogP contribution in [0.4, 0.5) is 4.79 Å². The van der Waals surface area contributed by atoms with Crippen molar-refractivity contribution in [2.45, 2.75) is 74.9 Å². The van der Waals surface area contributed by atoms with E-state index in [-0.39, 0.29) is 45.4 Å². The van der Waals surface area contributed by atoms with Crippen LogP contribution in [0.25, 0.3) is 10.9 Å². The van der Waals surface area contributed by atoms with Crippen molar-refractivity contribution in [2.24, 2.45) is 11.8 Å². The highest BCUT2D eigenvalue weighted by molar-refractivity contribution is 5.96. The number of fused-ring (bicyclic) bond motifs is 1. The Morgan fingerprint density at radius 2 is 1.80 bits per heavy atom. The summed E-state index contributed by atoms with van der Waals surface area (Å²) in [5.41, 5.74) is 1.86. The normalized spacial score (nSPS) is 31.2. The number of hydrogen-bond donors (Lipinski definition) is 9. The lowest BCUT2D eigenvalue weighted by Crippen LogP contribution is -2.56. The molecule has 44 heavy (non-hydrogen) atoms. The molecule has 3 aliphatic rings. The van der Waals surface area contributed by atoms with Crippen molar-refractivity contribution in [1.29, 1.82) is 0 Å². The van der Waals surface area contributed by atoms with E-state index in [1.807, 2.05) is 30.5 Å². The Morgan fingerprint density at radius 3 is 2.52 bits per heavy atom. The van der Waals surface area contributed by atoms with Crippen molar-refractivity contribution < 1.29 is 49.4 Å². The van der Waals surface area contributed by atoms with Crippen LogP contribution in [0, 0.1) is 11.8 Å². The first-order valence-corrected chi connectivity index (χ1v) is 14.8. The number of aliphatic hydroxyl groups is 5. The number of hydrogen-bond acceptors (Lipinski definition) is 10. The summed E-state index contributed by atoms with van der Waals surface area (Å²) in [7, 11) is 0. The molecule has 0 radical (unpaired) electrons. The quantitative estimate of drug-likeness (QED) is 0.132. The van der Waals surface area contributed by atoms with Gasteiger partial charge in [-0.3, -0.25) is 24.6 Å². The Hall–Kier alpha value is -3.60. The Balaban J connectivity index is 1.23. The largest absolute Gasteiger partial charge is 0.396 e. The number of carbonyl (C=O) groups excluding carboxylic acids is 4. The molecule has 1 saturated carbocycles. The summed E-state index contributed by atoms with van der Waals surface area (Å²) in [5, 5.41) is 59.5. The second-order valence-electron chi connectivity index (χ2n) is 11.7. The van der Waals surface area contributed by atoms with Gasteiger partial charge in [-0.25, -0.2) is 4.79 Å². The van der Waals surface area contributed by atoms with Gasteiger partial charge in [0.25, 0.3) is 0 Å². The molecule has 5 amide bonds. The minimum atomic E-state index is -1.48. The van der Waals surface area contributed by atoms with Crippen molar-refractivity contribution in [3.05, 3.63) is 36.0 Å². The number of carbonyl (C=O) groups is 4. The van der Waals surface area contributed by atoms with E-state index in [0.29, 0.717) is 6.42 Å². The fourth-order valence-corrected chi connectivity index (χ4v) is 6.31. The van der Waals surface area contributed by atoms with Crippen LogP contribution in [0.2, 0.25) is 0 Å². The maximum Gasteiger partial charge on any atom is 0.326 e. The van der Waals surface area contributed by atoms with Gasteiger partial charge in [0.05, 0.1) is 12.2 Å². The van der Waals surface area contributed by atoms with Gasteiger partial charge in [-0.15, -0.1) is 0 Å². The second kappa shape index (κ2) is 13.6. The number of aromatic nitrogens is 1. The maximum atomic E-state index is 13.4. The molecule has 9 N–H and O–H groups in total. The first-order valence-electron chi connectivity index (χ1n) is 14.8. The van der Waals surface area contributed by atoms with Crippen molar-refractivity contribution in [3.63, 3.8) is 0 Å². The van der Waals surface area contributed by atoms with Gasteiger partial charge in [0, 0.05) is 55.6 Å². The third-order valence-corrected chi connectivity index (χ3v) is 8.84. The summed E-state index contributed by atoms with van der Waals surface area (Å²) in [6.07, 6.45) is -5.01.